The molecular weight excluding hydrogens is 216 g/mol. The zero-order valence-electron chi connectivity index (χ0n) is 11.7. The summed E-state index contributed by atoms with van der Waals surface area (Å²) in [5.74, 6) is 0. The molecule has 1 saturated carbocycles. The SMILES string of the molecule is CC(CC(C)NC1CC1)NC(=O)OC(C)(C)C. The van der Waals surface area contributed by atoms with Crippen molar-refractivity contribution in [2.75, 3.05) is 0 Å². The van der Waals surface area contributed by atoms with E-state index in [0.29, 0.717) is 12.1 Å². The van der Waals surface area contributed by atoms with E-state index in [2.05, 4.69) is 17.6 Å². The molecule has 0 bridgehead atoms. The molecule has 0 aromatic carbocycles. The minimum atomic E-state index is -0.429. The Bertz CT molecular complexity index is 257. The van der Waals surface area contributed by atoms with Crippen LogP contribution in [0.2, 0.25) is 0 Å². The Kier molecular flexibility index (Phi) is 4.80. The Labute approximate surface area is 104 Å². The van der Waals surface area contributed by atoms with Crippen LogP contribution in [0.15, 0.2) is 0 Å². The van der Waals surface area contributed by atoms with E-state index in [1.165, 1.54) is 12.8 Å². The number of ether oxygens (including phenoxy) is 1. The number of hydrogen-bond donors (Lipinski definition) is 2. The van der Waals surface area contributed by atoms with Crippen LogP contribution in [0.1, 0.15) is 53.9 Å². The largest absolute Gasteiger partial charge is 0.444 e. The molecule has 0 spiro atoms. The van der Waals surface area contributed by atoms with Crippen molar-refractivity contribution in [1.29, 1.82) is 0 Å². The summed E-state index contributed by atoms with van der Waals surface area (Å²) >= 11 is 0. The first-order valence-corrected chi connectivity index (χ1v) is 6.52. The fourth-order valence-electron chi connectivity index (χ4n) is 1.82. The van der Waals surface area contributed by atoms with Gasteiger partial charge >= 0.3 is 6.09 Å². The van der Waals surface area contributed by atoms with Gasteiger partial charge in [-0.05, 0) is 53.9 Å². The van der Waals surface area contributed by atoms with Crippen molar-refractivity contribution in [1.82, 2.24) is 10.6 Å². The van der Waals surface area contributed by atoms with E-state index >= 15 is 0 Å². The van der Waals surface area contributed by atoms with Crippen LogP contribution in [0.3, 0.4) is 0 Å². The molecule has 0 radical (unpaired) electrons. The summed E-state index contributed by atoms with van der Waals surface area (Å²) in [6.45, 7) is 9.78. The minimum Gasteiger partial charge on any atom is -0.444 e. The Morgan fingerprint density at radius 1 is 1.29 bits per heavy atom. The van der Waals surface area contributed by atoms with E-state index < -0.39 is 5.60 Å². The number of carbonyl (C=O) groups is 1. The summed E-state index contributed by atoms with van der Waals surface area (Å²) in [6, 6.07) is 1.28. The predicted molar refractivity (Wildman–Crippen MR) is 69.1 cm³/mol. The maximum Gasteiger partial charge on any atom is 0.407 e. The fraction of sp³-hybridized carbons (Fsp3) is 0.923. The molecule has 100 valence electrons. The van der Waals surface area contributed by atoms with Crippen molar-refractivity contribution >= 4 is 6.09 Å². The summed E-state index contributed by atoms with van der Waals surface area (Å²) in [6.07, 6.45) is 3.18. The van der Waals surface area contributed by atoms with Crippen LogP contribution in [0.25, 0.3) is 0 Å². The molecule has 4 nitrogen and oxygen atoms in total. The lowest BCUT2D eigenvalue weighted by Gasteiger charge is -2.23. The molecule has 0 aromatic heterocycles. The minimum absolute atomic E-state index is 0.131. The Balaban J connectivity index is 2.18. The average molecular weight is 242 g/mol. The van der Waals surface area contributed by atoms with E-state index in [-0.39, 0.29) is 12.1 Å². The fourth-order valence-corrected chi connectivity index (χ4v) is 1.82. The van der Waals surface area contributed by atoms with Crippen molar-refractivity contribution in [2.24, 2.45) is 0 Å². The molecule has 1 rings (SSSR count). The third kappa shape index (κ3) is 7.21. The molecule has 2 N–H and O–H groups in total. The zero-order chi connectivity index (χ0) is 13.1. The summed E-state index contributed by atoms with van der Waals surface area (Å²) in [7, 11) is 0. The van der Waals surface area contributed by atoms with Crippen LogP contribution in [-0.2, 0) is 4.74 Å². The van der Waals surface area contributed by atoms with Gasteiger partial charge in [-0.2, -0.15) is 0 Å². The van der Waals surface area contributed by atoms with Crippen molar-refractivity contribution < 1.29 is 9.53 Å². The molecule has 1 aliphatic carbocycles. The molecule has 17 heavy (non-hydrogen) atoms. The molecule has 2 atom stereocenters. The molecule has 0 saturated heterocycles. The maximum atomic E-state index is 11.5. The van der Waals surface area contributed by atoms with Gasteiger partial charge in [0.1, 0.15) is 5.60 Å². The molecule has 2 unspecified atom stereocenters. The Morgan fingerprint density at radius 2 is 1.88 bits per heavy atom. The number of rotatable bonds is 5. The first-order chi connectivity index (χ1) is 7.76. The smallest absolute Gasteiger partial charge is 0.407 e. The van der Waals surface area contributed by atoms with Gasteiger partial charge in [0.05, 0.1) is 0 Å². The molecule has 0 aliphatic heterocycles. The first kappa shape index (κ1) is 14.3. The van der Waals surface area contributed by atoms with Gasteiger partial charge in [0.2, 0.25) is 0 Å². The van der Waals surface area contributed by atoms with Crippen molar-refractivity contribution in [2.45, 2.75) is 77.6 Å². The number of amides is 1. The van der Waals surface area contributed by atoms with Crippen molar-refractivity contribution in [3.63, 3.8) is 0 Å². The normalized spacial score (nSPS) is 19.6. The molecule has 0 aromatic rings. The van der Waals surface area contributed by atoms with Gasteiger partial charge in [-0.15, -0.1) is 0 Å². The lowest BCUT2D eigenvalue weighted by Crippen LogP contribution is -2.41. The topological polar surface area (TPSA) is 50.4 Å². The van der Waals surface area contributed by atoms with Gasteiger partial charge in [-0.3, -0.25) is 0 Å². The van der Waals surface area contributed by atoms with Crippen LogP contribution < -0.4 is 10.6 Å². The van der Waals surface area contributed by atoms with Crippen molar-refractivity contribution in [3.8, 4) is 0 Å². The van der Waals surface area contributed by atoms with E-state index in [1.807, 2.05) is 27.7 Å². The quantitative estimate of drug-likeness (QED) is 0.778. The third-order valence-corrected chi connectivity index (χ3v) is 2.57. The third-order valence-electron chi connectivity index (χ3n) is 2.57. The number of nitrogens with one attached hydrogen (secondary N) is 2. The zero-order valence-corrected chi connectivity index (χ0v) is 11.7. The summed E-state index contributed by atoms with van der Waals surface area (Å²) in [4.78, 5) is 11.5. The highest BCUT2D eigenvalue weighted by Crippen LogP contribution is 2.20. The van der Waals surface area contributed by atoms with Gasteiger partial charge in [-0.1, -0.05) is 0 Å². The first-order valence-electron chi connectivity index (χ1n) is 6.52. The Morgan fingerprint density at radius 3 is 2.35 bits per heavy atom. The summed E-state index contributed by atoms with van der Waals surface area (Å²) < 4.78 is 5.21. The predicted octanol–water partition coefficient (Wildman–Crippen LogP) is 2.43. The van der Waals surface area contributed by atoms with Gasteiger partial charge in [0.15, 0.2) is 0 Å². The van der Waals surface area contributed by atoms with Gasteiger partial charge in [-0.25, -0.2) is 4.79 Å². The second-order valence-corrected chi connectivity index (χ2v) is 6.12. The highest BCUT2D eigenvalue weighted by molar-refractivity contribution is 5.68. The highest BCUT2D eigenvalue weighted by atomic mass is 16.6. The van der Waals surface area contributed by atoms with Crippen LogP contribution in [-0.4, -0.2) is 29.8 Å². The number of carbonyl (C=O) groups excluding carboxylic acids is 1. The number of hydrogen-bond acceptors (Lipinski definition) is 3. The monoisotopic (exact) mass is 242 g/mol. The highest BCUT2D eigenvalue weighted by Gasteiger charge is 2.24. The van der Waals surface area contributed by atoms with Crippen LogP contribution in [0, 0.1) is 0 Å². The molecule has 0 heterocycles. The second-order valence-electron chi connectivity index (χ2n) is 6.12. The summed E-state index contributed by atoms with van der Waals surface area (Å²) in [5.41, 5.74) is -0.429. The molecule has 4 heteroatoms. The molecule has 1 aliphatic rings. The second kappa shape index (κ2) is 5.71. The Hall–Kier alpha value is -0.770. The maximum absolute atomic E-state index is 11.5. The van der Waals surface area contributed by atoms with E-state index in [1.54, 1.807) is 0 Å². The standard InChI is InChI=1S/C13H26N2O2/c1-9(14-11-6-7-11)8-10(2)15-12(16)17-13(3,4)5/h9-11,14H,6-8H2,1-5H3,(H,15,16). The van der Waals surface area contributed by atoms with E-state index in [9.17, 15) is 4.79 Å². The van der Waals surface area contributed by atoms with Gasteiger partial charge in [0, 0.05) is 18.1 Å². The van der Waals surface area contributed by atoms with Gasteiger partial charge in [0.25, 0.3) is 0 Å². The van der Waals surface area contributed by atoms with E-state index in [4.69, 9.17) is 4.74 Å². The number of alkyl carbamates (subject to hydrolysis) is 1. The van der Waals surface area contributed by atoms with Crippen LogP contribution in [0.4, 0.5) is 4.79 Å². The van der Waals surface area contributed by atoms with Crippen molar-refractivity contribution in [3.05, 3.63) is 0 Å². The lowest BCUT2D eigenvalue weighted by atomic mass is 10.1. The van der Waals surface area contributed by atoms with Crippen LogP contribution >= 0.6 is 0 Å². The molecule has 1 amide bonds. The van der Waals surface area contributed by atoms with Crippen LogP contribution in [0.5, 0.6) is 0 Å². The molecular formula is C13H26N2O2. The average Bonchev–Trinajstić information content (AvgIpc) is 2.82. The summed E-state index contributed by atoms with van der Waals surface area (Å²) in [5, 5.41) is 6.37. The lowest BCUT2D eigenvalue weighted by molar-refractivity contribution is 0.0504. The van der Waals surface area contributed by atoms with Gasteiger partial charge < -0.3 is 15.4 Å². The molecule has 1 fully saturated rings. The van der Waals surface area contributed by atoms with E-state index in [0.717, 1.165) is 6.42 Å².